The molecule has 1 aliphatic rings. The van der Waals surface area contributed by atoms with Gasteiger partial charge in [0.05, 0.1) is 5.69 Å². The third-order valence-corrected chi connectivity index (χ3v) is 3.95. The third-order valence-electron chi connectivity index (χ3n) is 3.12. The molecule has 0 amide bonds. The summed E-state index contributed by atoms with van der Waals surface area (Å²) >= 11 is 3.46. The average Bonchev–Trinajstić information content (AvgIpc) is 2.27. The molecule has 0 saturated carbocycles. The molecule has 0 aliphatic carbocycles. The van der Waals surface area contributed by atoms with Crippen LogP contribution in [0, 0.1) is 6.92 Å². The SMILES string of the molecule is Cc1nc(NC2CCCNC2C)ccc1Br. The zero-order valence-electron chi connectivity index (χ0n) is 9.76. The predicted molar refractivity (Wildman–Crippen MR) is 70.8 cm³/mol. The number of aromatic nitrogens is 1. The van der Waals surface area contributed by atoms with Gasteiger partial charge in [0, 0.05) is 16.6 Å². The van der Waals surface area contributed by atoms with Crippen LogP contribution in [-0.4, -0.2) is 23.6 Å². The smallest absolute Gasteiger partial charge is 0.126 e. The highest BCUT2D eigenvalue weighted by Gasteiger charge is 2.20. The number of hydrogen-bond acceptors (Lipinski definition) is 3. The number of piperidine rings is 1. The minimum absolute atomic E-state index is 0.488. The van der Waals surface area contributed by atoms with E-state index in [1.54, 1.807) is 0 Å². The second-order valence-corrected chi connectivity index (χ2v) is 5.25. The zero-order valence-corrected chi connectivity index (χ0v) is 11.3. The lowest BCUT2D eigenvalue weighted by atomic mass is 10.00. The van der Waals surface area contributed by atoms with Gasteiger partial charge >= 0.3 is 0 Å². The van der Waals surface area contributed by atoms with E-state index < -0.39 is 0 Å². The second-order valence-electron chi connectivity index (χ2n) is 4.40. The van der Waals surface area contributed by atoms with E-state index in [0.29, 0.717) is 12.1 Å². The molecule has 0 spiro atoms. The Hall–Kier alpha value is -0.610. The predicted octanol–water partition coefficient (Wildman–Crippen LogP) is 2.70. The van der Waals surface area contributed by atoms with E-state index in [4.69, 9.17) is 0 Å². The van der Waals surface area contributed by atoms with E-state index in [1.807, 2.05) is 19.1 Å². The maximum atomic E-state index is 4.52. The van der Waals surface area contributed by atoms with Crippen molar-refractivity contribution in [1.82, 2.24) is 10.3 Å². The minimum atomic E-state index is 0.488. The summed E-state index contributed by atoms with van der Waals surface area (Å²) in [7, 11) is 0. The van der Waals surface area contributed by atoms with Gasteiger partial charge in [0.1, 0.15) is 5.82 Å². The molecular weight excluding hydrogens is 266 g/mol. The molecule has 1 fully saturated rings. The summed E-state index contributed by atoms with van der Waals surface area (Å²) < 4.78 is 1.06. The largest absolute Gasteiger partial charge is 0.366 e. The molecule has 3 nitrogen and oxygen atoms in total. The quantitative estimate of drug-likeness (QED) is 0.876. The molecule has 16 heavy (non-hydrogen) atoms. The van der Waals surface area contributed by atoms with Crippen molar-refractivity contribution in [2.75, 3.05) is 11.9 Å². The van der Waals surface area contributed by atoms with Crippen molar-refractivity contribution in [2.24, 2.45) is 0 Å². The first-order valence-corrected chi connectivity index (χ1v) is 6.59. The fraction of sp³-hybridized carbons (Fsp3) is 0.583. The number of rotatable bonds is 2. The van der Waals surface area contributed by atoms with Crippen LogP contribution in [-0.2, 0) is 0 Å². The normalized spacial score (nSPS) is 25.4. The average molecular weight is 284 g/mol. The lowest BCUT2D eigenvalue weighted by Gasteiger charge is -2.31. The van der Waals surface area contributed by atoms with E-state index in [1.165, 1.54) is 12.8 Å². The molecule has 2 N–H and O–H groups in total. The summed E-state index contributed by atoms with van der Waals surface area (Å²) in [5.74, 6) is 0.973. The van der Waals surface area contributed by atoms with Gasteiger partial charge in [0.25, 0.3) is 0 Å². The monoisotopic (exact) mass is 283 g/mol. The molecule has 1 saturated heterocycles. The van der Waals surface area contributed by atoms with Crippen LogP contribution < -0.4 is 10.6 Å². The van der Waals surface area contributed by atoms with E-state index in [0.717, 1.165) is 22.5 Å². The summed E-state index contributed by atoms with van der Waals surface area (Å²) in [6.07, 6.45) is 2.45. The fourth-order valence-corrected chi connectivity index (χ4v) is 2.28. The number of anilines is 1. The Morgan fingerprint density at radius 3 is 3.00 bits per heavy atom. The summed E-state index contributed by atoms with van der Waals surface area (Å²) in [4.78, 5) is 4.52. The highest BCUT2D eigenvalue weighted by molar-refractivity contribution is 9.10. The van der Waals surface area contributed by atoms with Crippen LogP contribution in [0.15, 0.2) is 16.6 Å². The Morgan fingerprint density at radius 1 is 1.50 bits per heavy atom. The molecule has 88 valence electrons. The Labute approximate surface area is 105 Å². The van der Waals surface area contributed by atoms with Gasteiger partial charge in [-0.2, -0.15) is 0 Å². The molecule has 2 atom stereocenters. The summed E-state index contributed by atoms with van der Waals surface area (Å²) in [6.45, 7) is 5.37. The van der Waals surface area contributed by atoms with Gasteiger partial charge in [-0.3, -0.25) is 0 Å². The lowest BCUT2D eigenvalue weighted by Crippen LogP contribution is -2.46. The first-order valence-electron chi connectivity index (χ1n) is 5.80. The Kier molecular flexibility index (Phi) is 3.82. The Morgan fingerprint density at radius 2 is 2.31 bits per heavy atom. The summed E-state index contributed by atoms with van der Waals surface area (Å²) in [5.41, 5.74) is 1.03. The fourth-order valence-electron chi connectivity index (χ4n) is 2.06. The van der Waals surface area contributed by atoms with Crippen LogP contribution in [0.25, 0.3) is 0 Å². The first kappa shape index (κ1) is 11.9. The zero-order chi connectivity index (χ0) is 11.5. The van der Waals surface area contributed by atoms with Gasteiger partial charge < -0.3 is 10.6 Å². The maximum absolute atomic E-state index is 4.52. The first-order chi connectivity index (χ1) is 7.66. The molecular formula is C12H18BrN3. The number of halogens is 1. The van der Waals surface area contributed by atoms with Gasteiger partial charge in [-0.15, -0.1) is 0 Å². The standard InChI is InChI=1S/C12H18BrN3/c1-8-10(13)5-6-12(15-8)16-11-4-3-7-14-9(11)2/h5-6,9,11,14H,3-4,7H2,1-2H3,(H,15,16). The molecule has 0 radical (unpaired) electrons. The summed E-state index contributed by atoms with van der Waals surface area (Å²) in [6, 6.07) is 5.07. The highest BCUT2D eigenvalue weighted by atomic mass is 79.9. The van der Waals surface area contributed by atoms with Crippen LogP contribution >= 0.6 is 15.9 Å². The van der Waals surface area contributed by atoms with Crippen LogP contribution in [0.2, 0.25) is 0 Å². The van der Waals surface area contributed by atoms with Crippen molar-refractivity contribution in [3.05, 3.63) is 22.3 Å². The second kappa shape index (κ2) is 5.15. The molecule has 1 aromatic rings. The minimum Gasteiger partial charge on any atom is -0.366 e. The number of pyridine rings is 1. The Bertz CT molecular complexity index is 367. The maximum Gasteiger partial charge on any atom is 0.126 e. The molecule has 0 aromatic carbocycles. The van der Waals surface area contributed by atoms with Crippen molar-refractivity contribution in [2.45, 2.75) is 38.8 Å². The molecule has 2 heterocycles. The Balaban J connectivity index is 2.05. The number of hydrogen-bond donors (Lipinski definition) is 2. The van der Waals surface area contributed by atoms with Crippen LogP contribution in [0.4, 0.5) is 5.82 Å². The van der Waals surface area contributed by atoms with Crippen molar-refractivity contribution >= 4 is 21.7 Å². The number of nitrogens with one attached hydrogen (secondary N) is 2. The summed E-state index contributed by atoms with van der Waals surface area (Å²) in [5, 5.41) is 6.98. The molecule has 1 aliphatic heterocycles. The van der Waals surface area contributed by atoms with Crippen molar-refractivity contribution in [3.8, 4) is 0 Å². The highest BCUT2D eigenvalue weighted by Crippen LogP contribution is 2.19. The lowest BCUT2D eigenvalue weighted by molar-refractivity contribution is 0.388. The van der Waals surface area contributed by atoms with Crippen LogP contribution in [0.3, 0.4) is 0 Å². The number of nitrogens with zero attached hydrogens (tertiary/aromatic N) is 1. The number of aryl methyl sites for hydroxylation is 1. The van der Waals surface area contributed by atoms with E-state index >= 15 is 0 Å². The van der Waals surface area contributed by atoms with Gasteiger partial charge in [0.2, 0.25) is 0 Å². The van der Waals surface area contributed by atoms with E-state index in [9.17, 15) is 0 Å². The van der Waals surface area contributed by atoms with Gasteiger partial charge in [0.15, 0.2) is 0 Å². The molecule has 1 aromatic heterocycles. The molecule has 0 bridgehead atoms. The van der Waals surface area contributed by atoms with E-state index in [2.05, 4.69) is 38.5 Å². The van der Waals surface area contributed by atoms with Crippen molar-refractivity contribution in [1.29, 1.82) is 0 Å². The third kappa shape index (κ3) is 2.74. The van der Waals surface area contributed by atoms with E-state index in [-0.39, 0.29) is 0 Å². The molecule has 4 heteroatoms. The van der Waals surface area contributed by atoms with Crippen molar-refractivity contribution < 1.29 is 0 Å². The topological polar surface area (TPSA) is 37.0 Å². The van der Waals surface area contributed by atoms with Gasteiger partial charge in [-0.25, -0.2) is 4.98 Å². The van der Waals surface area contributed by atoms with Crippen LogP contribution in [0.1, 0.15) is 25.5 Å². The molecule has 2 unspecified atom stereocenters. The van der Waals surface area contributed by atoms with Crippen LogP contribution in [0.5, 0.6) is 0 Å². The van der Waals surface area contributed by atoms with Crippen molar-refractivity contribution in [3.63, 3.8) is 0 Å². The van der Waals surface area contributed by atoms with Gasteiger partial charge in [-0.05, 0) is 61.3 Å². The van der Waals surface area contributed by atoms with Gasteiger partial charge in [-0.1, -0.05) is 0 Å². The molecule has 2 rings (SSSR count).